The van der Waals surface area contributed by atoms with Crippen molar-refractivity contribution < 1.29 is 14.2 Å². The highest BCUT2D eigenvalue weighted by atomic mass is 16.6. The van der Waals surface area contributed by atoms with Gasteiger partial charge in [0.15, 0.2) is 0 Å². The summed E-state index contributed by atoms with van der Waals surface area (Å²) >= 11 is 0. The average Bonchev–Trinajstić information content (AvgIpc) is 3.65. The summed E-state index contributed by atoms with van der Waals surface area (Å²) < 4.78 is 20.2. The van der Waals surface area contributed by atoms with Crippen LogP contribution in [-0.2, 0) is 14.2 Å². The minimum absolute atomic E-state index is 0.0801. The molecule has 6 rings (SSSR count). The van der Waals surface area contributed by atoms with Crippen molar-refractivity contribution in [2.45, 2.75) is 37.9 Å². The Hall–Kier alpha value is -2.20. The third-order valence-electron chi connectivity index (χ3n) is 9.84. The highest BCUT2D eigenvalue weighted by Crippen LogP contribution is 2.63. The lowest BCUT2D eigenvalue weighted by Crippen LogP contribution is -2.74. The molecule has 4 aliphatic carbocycles. The fourth-order valence-electron chi connectivity index (χ4n) is 7.61. The van der Waals surface area contributed by atoms with E-state index < -0.39 is 11.2 Å². The van der Waals surface area contributed by atoms with Crippen LogP contribution in [-0.4, -0.2) is 37.6 Å². The molecule has 184 valence electrons. The van der Waals surface area contributed by atoms with E-state index in [1.807, 2.05) is 0 Å². The second kappa shape index (κ2) is 8.73. The lowest BCUT2D eigenvalue weighted by atomic mass is 9.54. The van der Waals surface area contributed by atoms with Crippen LogP contribution in [0, 0.1) is 34.5 Å². The van der Waals surface area contributed by atoms with E-state index in [-0.39, 0.29) is 34.5 Å². The van der Waals surface area contributed by atoms with Crippen LogP contribution in [0.25, 0.3) is 0 Å². The largest absolute Gasteiger partial charge is 0.380 e. The monoisotopic (exact) mass is 470 g/mol. The van der Waals surface area contributed by atoms with Gasteiger partial charge in [-0.3, -0.25) is 0 Å². The quantitative estimate of drug-likeness (QED) is 0.375. The molecule has 0 N–H and O–H groups in total. The summed E-state index contributed by atoms with van der Waals surface area (Å²) in [6.45, 7) is 7.58. The van der Waals surface area contributed by atoms with Gasteiger partial charge in [0, 0.05) is 34.5 Å². The molecule has 0 unspecified atom stereocenters. The summed E-state index contributed by atoms with van der Waals surface area (Å²) in [5.74, 6) is 0.673. The summed E-state index contributed by atoms with van der Waals surface area (Å²) in [5, 5.41) is 0. The number of rotatable bonds is 10. The molecule has 2 heterocycles. The fraction of sp³-hybridized carbons (Fsp3) is 0.500. The predicted molar refractivity (Wildman–Crippen MR) is 141 cm³/mol. The van der Waals surface area contributed by atoms with E-state index in [0.717, 1.165) is 39.3 Å². The molecule has 0 aromatic heterocycles. The van der Waals surface area contributed by atoms with Crippen LogP contribution < -0.4 is 0 Å². The van der Waals surface area contributed by atoms with Crippen molar-refractivity contribution in [1.29, 1.82) is 0 Å². The van der Waals surface area contributed by atoms with Crippen molar-refractivity contribution in [3.63, 3.8) is 0 Å². The van der Waals surface area contributed by atoms with Crippen LogP contribution in [0.15, 0.2) is 97.2 Å². The van der Waals surface area contributed by atoms with Crippen LogP contribution in [0.2, 0.25) is 0 Å². The molecule has 3 heteroatoms. The van der Waals surface area contributed by atoms with Crippen LogP contribution in [0.5, 0.6) is 0 Å². The van der Waals surface area contributed by atoms with E-state index >= 15 is 0 Å². The molecule has 0 radical (unpaired) electrons. The minimum Gasteiger partial charge on any atom is -0.380 e. The van der Waals surface area contributed by atoms with E-state index in [2.05, 4.69) is 111 Å². The summed E-state index contributed by atoms with van der Waals surface area (Å²) in [4.78, 5) is 0. The lowest BCUT2D eigenvalue weighted by molar-refractivity contribution is -0.355. The molecule has 0 aromatic rings. The Morgan fingerprint density at radius 1 is 0.543 bits per heavy atom. The summed E-state index contributed by atoms with van der Waals surface area (Å²) in [6.07, 6.45) is 38.5. The van der Waals surface area contributed by atoms with Gasteiger partial charge in [0.1, 0.15) is 0 Å². The maximum absolute atomic E-state index is 8.19. The first-order valence-electron chi connectivity index (χ1n) is 13.4. The number of hydrogen-bond donors (Lipinski definition) is 0. The summed E-state index contributed by atoms with van der Waals surface area (Å²) in [7, 11) is 0. The molecule has 0 spiro atoms. The maximum Gasteiger partial charge on any atom is 0.0984 e. The van der Waals surface area contributed by atoms with Gasteiger partial charge in [0.05, 0.1) is 37.6 Å². The van der Waals surface area contributed by atoms with Gasteiger partial charge >= 0.3 is 0 Å². The van der Waals surface area contributed by atoms with Gasteiger partial charge in [0.25, 0.3) is 0 Å². The van der Waals surface area contributed by atoms with Crippen molar-refractivity contribution in [3.8, 4) is 0 Å². The molecule has 0 aromatic carbocycles. The third kappa shape index (κ3) is 3.08. The molecule has 2 saturated heterocycles. The van der Waals surface area contributed by atoms with Gasteiger partial charge < -0.3 is 14.2 Å². The van der Waals surface area contributed by atoms with Gasteiger partial charge in [-0.05, 0) is 12.8 Å². The van der Waals surface area contributed by atoms with Gasteiger partial charge in [0.2, 0.25) is 0 Å². The lowest BCUT2D eigenvalue weighted by Gasteiger charge is -2.67. The Kier molecular flexibility index (Phi) is 5.79. The van der Waals surface area contributed by atoms with Crippen molar-refractivity contribution in [2.75, 3.05) is 26.4 Å². The summed E-state index contributed by atoms with van der Waals surface area (Å²) in [6, 6.07) is 0. The molecule has 3 nitrogen and oxygen atoms in total. The molecule has 2 fully saturated rings. The van der Waals surface area contributed by atoms with E-state index in [9.17, 15) is 0 Å². The van der Waals surface area contributed by atoms with E-state index in [0.29, 0.717) is 0 Å². The predicted octanol–water partition coefficient (Wildman–Crippen LogP) is 6.30. The SMILES string of the molecule is CCC1(C(OC(C2C=CC=C2)(C2C=CC=C2)C2(CC)COC2)(C2C=CC=C2)C2C=CC=C2)COC1. The molecule has 35 heavy (non-hydrogen) atoms. The second-order valence-electron chi connectivity index (χ2n) is 11.1. The van der Waals surface area contributed by atoms with E-state index in [1.54, 1.807) is 0 Å². The smallest absolute Gasteiger partial charge is 0.0984 e. The maximum atomic E-state index is 8.19. The Morgan fingerprint density at radius 3 is 0.971 bits per heavy atom. The average molecular weight is 471 g/mol. The highest BCUT2D eigenvalue weighted by Gasteiger charge is 2.70. The highest BCUT2D eigenvalue weighted by molar-refractivity contribution is 5.38. The zero-order chi connectivity index (χ0) is 24.0. The van der Waals surface area contributed by atoms with Gasteiger partial charge in [-0.1, -0.05) is 111 Å². The van der Waals surface area contributed by atoms with Crippen LogP contribution in [0.3, 0.4) is 0 Å². The third-order valence-corrected chi connectivity index (χ3v) is 9.84. The Labute approximate surface area is 210 Å². The minimum atomic E-state index is -0.473. The molecule has 6 aliphatic rings. The van der Waals surface area contributed by atoms with Crippen molar-refractivity contribution in [3.05, 3.63) is 97.2 Å². The molecule has 0 saturated carbocycles. The molecule has 0 bridgehead atoms. The normalized spacial score (nSPS) is 27.0. The summed E-state index contributed by atoms with van der Waals surface area (Å²) in [5.41, 5.74) is -1.11. The fourth-order valence-corrected chi connectivity index (χ4v) is 7.61. The Morgan fingerprint density at radius 2 is 0.800 bits per heavy atom. The van der Waals surface area contributed by atoms with Gasteiger partial charge in [-0.2, -0.15) is 0 Å². The van der Waals surface area contributed by atoms with E-state index in [1.165, 1.54) is 0 Å². The molecule has 0 amide bonds. The zero-order valence-corrected chi connectivity index (χ0v) is 21.0. The first-order chi connectivity index (χ1) is 17.2. The van der Waals surface area contributed by atoms with Crippen LogP contribution >= 0.6 is 0 Å². The van der Waals surface area contributed by atoms with Crippen LogP contribution in [0.1, 0.15) is 26.7 Å². The standard InChI is InChI=1S/C32H38O3/c1-3-29(21-33-22-29)31(25-13-5-6-14-25,26-15-7-8-16-26)35-32(27-17-9-10-18-27,28-19-11-12-20-28)30(4-2)23-34-24-30/h5-20,25-28H,3-4,21-24H2,1-2H3. The first kappa shape index (κ1) is 23.2. The van der Waals surface area contributed by atoms with Crippen molar-refractivity contribution >= 4 is 0 Å². The molecule has 2 aliphatic heterocycles. The van der Waals surface area contributed by atoms with Crippen LogP contribution in [0.4, 0.5) is 0 Å². The molecule has 0 atom stereocenters. The van der Waals surface area contributed by atoms with Crippen molar-refractivity contribution in [2.24, 2.45) is 34.5 Å². The van der Waals surface area contributed by atoms with E-state index in [4.69, 9.17) is 14.2 Å². The topological polar surface area (TPSA) is 27.7 Å². The van der Waals surface area contributed by atoms with Gasteiger partial charge in [-0.25, -0.2) is 0 Å². The first-order valence-corrected chi connectivity index (χ1v) is 13.4. The number of hydrogen-bond acceptors (Lipinski definition) is 3. The second-order valence-corrected chi connectivity index (χ2v) is 11.1. The molecular weight excluding hydrogens is 432 g/mol. The van der Waals surface area contributed by atoms with Gasteiger partial charge in [-0.15, -0.1) is 0 Å². The zero-order valence-electron chi connectivity index (χ0n) is 21.0. The Balaban J connectivity index is 1.61. The van der Waals surface area contributed by atoms with Crippen molar-refractivity contribution in [1.82, 2.24) is 0 Å². The number of allylic oxidation sites excluding steroid dienone is 8. The molecular formula is C32H38O3. The number of ether oxygens (including phenoxy) is 3. The Bertz CT molecular complexity index is 857.